The van der Waals surface area contributed by atoms with Crippen molar-refractivity contribution in [1.29, 1.82) is 0 Å². The van der Waals surface area contributed by atoms with Crippen molar-refractivity contribution in [3.8, 4) is 0 Å². The molecule has 1 aromatic rings. The zero-order valence-corrected chi connectivity index (χ0v) is 10.8. The van der Waals surface area contributed by atoms with E-state index in [-0.39, 0.29) is 0 Å². The van der Waals surface area contributed by atoms with E-state index in [0.29, 0.717) is 8.81 Å². The summed E-state index contributed by atoms with van der Waals surface area (Å²) in [6.07, 6.45) is 8.15. The molecule has 16 heavy (non-hydrogen) atoms. The van der Waals surface area contributed by atoms with Gasteiger partial charge in [0.2, 0.25) is 0 Å². The predicted octanol–water partition coefficient (Wildman–Crippen LogP) is 4.06. The summed E-state index contributed by atoms with van der Waals surface area (Å²) in [5.41, 5.74) is 0. The molecule has 0 spiro atoms. The molecule has 0 amide bonds. The Bertz CT molecular complexity index is 271. The maximum Gasteiger partial charge on any atom is 0.0509 e. The Morgan fingerprint density at radius 3 is 2.56 bits per heavy atom. The molecule has 0 saturated heterocycles. The second kappa shape index (κ2) is 9.57. The van der Waals surface area contributed by atoms with E-state index in [0.717, 1.165) is 13.0 Å². The van der Waals surface area contributed by atoms with Crippen LogP contribution in [-0.2, 0) is 4.52 Å². The predicted molar refractivity (Wildman–Crippen MR) is 73.6 cm³/mol. The van der Waals surface area contributed by atoms with E-state index in [4.69, 9.17) is 4.52 Å². The van der Waals surface area contributed by atoms with E-state index in [2.05, 4.69) is 30.8 Å². The lowest BCUT2D eigenvalue weighted by atomic mass is 10.1. The van der Waals surface area contributed by atoms with Gasteiger partial charge >= 0.3 is 0 Å². The van der Waals surface area contributed by atoms with Gasteiger partial charge in [-0.05, 0) is 24.6 Å². The van der Waals surface area contributed by atoms with Crippen LogP contribution < -0.4 is 5.30 Å². The Labute approximate surface area is 101 Å². The third kappa shape index (κ3) is 6.76. The standard InChI is InChI=1S/C14H21OP/c1-2-3-4-5-6-10-13-15-16-14-11-8-7-9-12-14/h2,7-9,11-12,16H,1,3-6,10,13H2. The van der Waals surface area contributed by atoms with Crippen LogP contribution >= 0.6 is 8.81 Å². The molecule has 0 radical (unpaired) electrons. The van der Waals surface area contributed by atoms with Crippen molar-refractivity contribution in [2.75, 3.05) is 6.61 Å². The Morgan fingerprint density at radius 2 is 1.81 bits per heavy atom. The molecule has 0 heterocycles. The Kier molecular flexibility index (Phi) is 8.02. The van der Waals surface area contributed by atoms with Crippen molar-refractivity contribution in [3.63, 3.8) is 0 Å². The third-order valence-electron chi connectivity index (χ3n) is 2.37. The van der Waals surface area contributed by atoms with Crippen LogP contribution in [0.4, 0.5) is 0 Å². The van der Waals surface area contributed by atoms with Gasteiger partial charge in [-0.2, -0.15) is 0 Å². The lowest BCUT2D eigenvalue weighted by Gasteiger charge is -2.03. The first-order valence-corrected chi connectivity index (χ1v) is 6.88. The maximum absolute atomic E-state index is 5.63. The molecule has 1 rings (SSSR count). The minimum absolute atomic E-state index is 0.501. The van der Waals surface area contributed by atoms with Gasteiger partial charge in [-0.25, -0.2) is 0 Å². The normalized spacial score (nSPS) is 11.0. The topological polar surface area (TPSA) is 9.23 Å². The minimum Gasteiger partial charge on any atom is -0.358 e. The number of hydrogen-bond donors (Lipinski definition) is 0. The number of allylic oxidation sites excluding steroid dienone is 1. The molecular formula is C14H21OP. The van der Waals surface area contributed by atoms with Crippen molar-refractivity contribution in [3.05, 3.63) is 43.0 Å². The smallest absolute Gasteiger partial charge is 0.0509 e. The molecule has 0 aliphatic rings. The molecule has 0 fully saturated rings. The van der Waals surface area contributed by atoms with Gasteiger partial charge in [0.05, 0.1) is 6.61 Å². The van der Waals surface area contributed by atoms with Crippen LogP contribution in [0, 0.1) is 0 Å². The van der Waals surface area contributed by atoms with Crippen LogP contribution in [0.15, 0.2) is 43.0 Å². The number of benzene rings is 1. The zero-order valence-electron chi connectivity index (χ0n) is 9.82. The zero-order chi connectivity index (χ0) is 11.5. The molecule has 0 aromatic heterocycles. The lowest BCUT2D eigenvalue weighted by molar-refractivity contribution is 0.349. The van der Waals surface area contributed by atoms with Gasteiger partial charge < -0.3 is 4.52 Å². The van der Waals surface area contributed by atoms with Gasteiger partial charge in [0.25, 0.3) is 0 Å². The second-order valence-electron chi connectivity index (χ2n) is 3.81. The molecular weight excluding hydrogens is 215 g/mol. The van der Waals surface area contributed by atoms with Crippen LogP contribution in [0.1, 0.15) is 32.1 Å². The maximum atomic E-state index is 5.63. The molecule has 1 unspecified atom stereocenters. The van der Waals surface area contributed by atoms with Gasteiger partial charge in [-0.1, -0.05) is 49.2 Å². The molecule has 0 aliphatic heterocycles. The molecule has 0 N–H and O–H groups in total. The van der Waals surface area contributed by atoms with E-state index in [1.807, 2.05) is 12.1 Å². The fraction of sp³-hybridized carbons (Fsp3) is 0.429. The van der Waals surface area contributed by atoms with Crippen molar-refractivity contribution >= 4 is 14.1 Å². The summed E-state index contributed by atoms with van der Waals surface area (Å²) >= 11 is 0. The van der Waals surface area contributed by atoms with Crippen molar-refractivity contribution in [2.24, 2.45) is 0 Å². The Morgan fingerprint density at radius 1 is 1.06 bits per heavy atom. The van der Waals surface area contributed by atoms with Gasteiger partial charge in [0.15, 0.2) is 0 Å². The average molecular weight is 236 g/mol. The van der Waals surface area contributed by atoms with Gasteiger partial charge in [0.1, 0.15) is 0 Å². The largest absolute Gasteiger partial charge is 0.358 e. The van der Waals surface area contributed by atoms with Crippen molar-refractivity contribution in [2.45, 2.75) is 32.1 Å². The molecule has 0 bridgehead atoms. The molecule has 0 aliphatic carbocycles. The van der Waals surface area contributed by atoms with E-state index in [1.165, 1.54) is 31.0 Å². The van der Waals surface area contributed by atoms with Crippen molar-refractivity contribution in [1.82, 2.24) is 0 Å². The fourth-order valence-electron chi connectivity index (χ4n) is 1.46. The molecule has 0 saturated carbocycles. The van der Waals surface area contributed by atoms with E-state index >= 15 is 0 Å². The SMILES string of the molecule is C=CCCCCCCOPc1ccccc1. The quantitative estimate of drug-likeness (QED) is 0.357. The monoisotopic (exact) mass is 236 g/mol. The highest BCUT2D eigenvalue weighted by Crippen LogP contribution is 2.13. The summed E-state index contributed by atoms with van der Waals surface area (Å²) in [4.78, 5) is 0. The van der Waals surface area contributed by atoms with E-state index < -0.39 is 0 Å². The first-order valence-electron chi connectivity index (χ1n) is 5.97. The molecule has 1 atom stereocenters. The first-order chi connectivity index (χ1) is 7.93. The van der Waals surface area contributed by atoms with E-state index in [1.54, 1.807) is 0 Å². The highest BCUT2D eigenvalue weighted by Gasteiger charge is 1.92. The summed E-state index contributed by atoms with van der Waals surface area (Å²) in [5.74, 6) is 0. The number of unbranched alkanes of at least 4 members (excludes halogenated alkanes) is 4. The fourth-order valence-corrected chi connectivity index (χ4v) is 2.20. The number of rotatable bonds is 9. The first kappa shape index (κ1) is 13.4. The summed E-state index contributed by atoms with van der Waals surface area (Å²) in [7, 11) is 0.501. The Hall–Kier alpha value is -0.650. The van der Waals surface area contributed by atoms with Crippen molar-refractivity contribution < 1.29 is 4.52 Å². The summed E-state index contributed by atoms with van der Waals surface area (Å²) in [5, 5.41) is 1.29. The summed E-state index contributed by atoms with van der Waals surface area (Å²) in [6.45, 7) is 4.61. The van der Waals surface area contributed by atoms with Crippen LogP contribution in [0.25, 0.3) is 0 Å². The van der Waals surface area contributed by atoms with Crippen LogP contribution in [0.5, 0.6) is 0 Å². The lowest BCUT2D eigenvalue weighted by Crippen LogP contribution is -1.95. The van der Waals surface area contributed by atoms with Crippen LogP contribution in [-0.4, -0.2) is 6.61 Å². The van der Waals surface area contributed by atoms with Crippen LogP contribution in [0.3, 0.4) is 0 Å². The van der Waals surface area contributed by atoms with Gasteiger partial charge in [-0.3, -0.25) is 0 Å². The third-order valence-corrected chi connectivity index (χ3v) is 3.29. The van der Waals surface area contributed by atoms with E-state index in [9.17, 15) is 0 Å². The molecule has 88 valence electrons. The summed E-state index contributed by atoms with van der Waals surface area (Å²) < 4.78 is 5.63. The highest BCUT2D eigenvalue weighted by atomic mass is 31.1. The second-order valence-corrected chi connectivity index (χ2v) is 4.88. The average Bonchev–Trinajstić information content (AvgIpc) is 2.34. The molecule has 1 aromatic carbocycles. The van der Waals surface area contributed by atoms with Crippen LogP contribution in [0.2, 0.25) is 0 Å². The minimum atomic E-state index is 0.501. The number of hydrogen-bond acceptors (Lipinski definition) is 1. The molecule has 1 nitrogen and oxygen atoms in total. The summed E-state index contributed by atoms with van der Waals surface area (Å²) in [6, 6.07) is 10.4. The Balaban J connectivity index is 1.90. The molecule has 2 heteroatoms. The van der Waals surface area contributed by atoms with Gasteiger partial charge in [-0.15, -0.1) is 6.58 Å². The van der Waals surface area contributed by atoms with Gasteiger partial charge in [0, 0.05) is 8.81 Å². The highest BCUT2D eigenvalue weighted by molar-refractivity contribution is 7.41.